The molecule has 104 valence electrons. The summed E-state index contributed by atoms with van der Waals surface area (Å²) >= 11 is 6.06. The first-order valence-electron chi connectivity index (χ1n) is 6.20. The normalized spacial score (nSPS) is 10.1. The molecule has 1 aromatic rings. The van der Waals surface area contributed by atoms with Crippen LogP contribution in [0, 0.1) is 6.92 Å². The van der Waals surface area contributed by atoms with Gasteiger partial charge in [-0.3, -0.25) is 9.59 Å². The average molecular weight is 284 g/mol. The molecule has 0 bridgehead atoms. The summed E-state index contributed by atoms with van der Waals surface area (Å²) < 4.78 is 4.84. The number of nitrogens with zero attached hydrogens (tertiary/aromatic N) is 1. The Labute approximate surface area is 118 Å². The molecular formula is C14H18ClNO3. The first-order chi connectivity index (χ1) is 8.99. The standard InChI is InChI=1S/C14H18ClNO3/c1-4-16(9-13(17)19-5-2)14(18)11-7-6-10(3)8-12(11)15/h6-8H,4-5,9H2,1-3H3. The lowest BCUT2D eigenvalue weighted by Crippen LogP contribution is -2.36. The van der Waals surface area contributed by atoms with E-state index < -0.39 is 5.97 Å². The molecular weight excluding hydrogens is 266 g/mol. The van der Waals surface area contributed by atoms with Crippen LogP contribution in [0.25, 0.3) is 0 Å². The van der Waals surface area contributed by atoms with Crippen LogP contribution >= 0.6 is 11.6 Å². The molecule has 1 aromatic carbocycles. The summed E-state index contributed by atoms with van der Waals surface area (Å²) in [5, 5.41) is 0.396. The Kier molecular flexibility index (Phi) is 5.83. The summed E-state index contributed by atoms with van der Waals surface area (Å²) in [5.74, 6) is -0.679. The van der Waals surface area contributed by atoms with Gasteiger partial charge in [0.15, 0.2) is 0 Å². The topological polar surface area (TPSA) is 46.6 Å². The Balaban J connectivity index is 2.86. The monoisotopic (exact) mass is 283 g/mol. The fourth-order valence-electron chi connectivity index (χ4n) is 1.65. The predicted molar refractivity (Wildman–Crippen MR) is 74.4 cm³/mol. The number of halogens is 1. The van der Waals surface area contributed by atoms with E-state index in [0.29, 0.717) is 23.7 Å². The van der Waals surface area contributed by atoms with Crippen molar-refractivity contribution in [1.29, 1.82) is 0 Å². The van der Waals surface area contributed by atoms with E-state index in [1.807, 2.05) is 13.0 Å². The van der Waals surface area contributed by atoms with Gasteiger partial charge in [0.1, 0.15) is 6.54 Å². The highest BCUT2D eigenvalue weighted by Crippen LogP contribution is 2.19. The maximum Gasteiger partial charge on any atom is 0.325 e. The minimum atomic E-state index is -0.416. The van der Waals surface area contributed by atoms with Gasteiger partial charge < -0.3 is 9.64 Å². The Morgan fingerprint density at radius 3 is 2.53 bits per heavy atom. The van der Waals surface area contributed by atoms with Crippen LogP contribution in [-0.2, 0) is 9.53 Å². The molecule has 0 saturated heterocycles. The molecule has 0 unspecified atom stereocenters. The Morgan fingerprint density at radius 1 is 1.32 bits per heavy atom. The Hall–Kier alpha value is -1.55. The number of esters is 1. The number of likely N-dealkylation sites (N-methyl/N-ethyl adjacent to an activating group) is 1. The van der Waals surface area contributed by atoms with Crippen LogP contribution in [0.4, 0.5) is 0 Å². The zero-order chi connectivity index (χ0) is 14.4. The number of aryl methyl sites for hydroxylation is 1. The van der Waals surface area contributed by atoms with Gasteiger partial charge in [-0.05, 0) is 38.5 Å². The molecule has 0 N–H and O–H groups in total. The van der Waals surface area contributed by atoms with Gasteiger partial charge in [0.25, 0.3) is 5.91 Å². The second-order valence-corrected chi connectivity index (χ2v) is 4.51. The van der Waals surface area contributed by atoms with Gasteiger partial charge in [-0.25, -0.2) is 0 Å². The van der Waals surface area contributed by atoms with Crippen molar-refractivity contribution < 1.29 is 14.3 Å². The summed E-state index contributed by atoms with van der Waals surface area (Å²) in [6.45, 7) is 6.09. The third-order valence-corrected chi connectivity index (χ3v) is 2.96. The third-order valence-electron chi connectivity index (χ3n) is 2.65. The van der Waals surface area contributed by atoms with Crippen molar-refractivity contribution in [3.8, 4) is 0 Å². The first-order valence-corrected chi connectivity index (χ1v) is 6.58. The lowest BCUT2D eigenvalue weighted by Gasteiger charge is -2.20. The van der Waals surface area contributed by atoms with Crippen molar-refractivity contribution in [3.63, 3.8) is 0 Å². The molecule has 19 heavy (non-hydrogen) atoms. The van der Waals surface area contributed by atoms with Crippen LogP contribution in [0.5, 0.6) is 0 Å². The molecule has 0 radical (unpaired) electrons. The number of benzene rings is 1. The second-order valence-electron chi connectivity index (χ2n) is 4.11. The van der Waals surface area contributed by atoms with E-state index in [0.717, 1.165) is 5.56 Å². The predicted octanol–water partition coefficient (Wildman–Crippen LogP) is 2.67. The number of ether oxygens (including phenoxy) is 1. The van der Waals surface area contributed by atoms with Crippen molar-refractivity contribution in [1.82, 2.24) is 4.90 Å². The molecule has 0 spiro atoms. The molecule has 1 rings (SSSR count). The molecule has 0 aliphatic heterocycles. The van der Waals surface area contributed by atoms with E-state index in [9.17, 15) is 9.59 Å². The summed E-state index contributed by atoms with van der Waals surface area (Å²) in [7, 11) is 0. The molecule has 0 aliphatic rings. The van der Waals surface area contributed by atoms with E-state index in [4.69, 9.17) is 16.3 Å². The zero-order valence-electron chi connectivity index (χ0n) is 11.4. The van der Waals surface area contributed by atoms with E-state index in [-0.39, 0.29) is 12.5 Å². The maximum atomic E-state index is 12.3. The largest absolute Gasteiger partial charge is 0.465 e. The molecule has 0 atom stereocenters. The number of hydrogen-bond donors (Lipinski definition) is 0. The first kappa shape index (κ1) is 15.5. The molecule has 1 amide bonds. The molecule has 0 fully saturated rings. The van der Waals surface area contributed by atoms with Crippen LogP contribution in [0.3, 0.4) is 0 Å². The Bertz CT molecular complexity index is 474. The highest BCUT2D eigenvalue weighted by atomic mass is 35.5. The van der Waals surface area contributed by atoms with Crippen molar-refractivity contribution >= 4 is 23.5 Å². The van der Waals surface area contributed by atoms with Crippen molar-refractivity contribution in [2.45, 2.75) is 20.8 Å². The summed E-state index contributed by atoms with van der Waals surface area (Å²) in [6.07, 6.45) is 0. The SMILES string of the molecule is CCOC(=O)CN(CC)C(=O)c1ccc(C)cc1Cl. The molecule has 4 nitrogen and oxygen atoms in total. The van der Waals surface area contributed by atoms with Crippen LogP contribution in [-0.4, -0.2) is 36.5 Å². The highest BCUT2D eigenvalue weighted by Gasteiger charge is 2.20. The van der Waals surface area contributed by atoms with Gasteiger partial charge in [0, 0.05) is 6.54 Å². The second kappa shape index (κ2) is 7.14. The molecule has 0 saturated carbocycles. The van der Waals surface area contributed by atoms with E-state index in [2.05, 4.69) is 0 Å². The highest BCUT2D eigenvalue weighted by molar-refractivity contribution is 6.33. The molecule has 0 heterocycles. The van der Waals surface area contributed by atoms with Crippen molar-refractivity contribution in [2.75, 3.05) is 19.7 Å². The quantitative estimate of drug-likeness (QED) is 0.781. The maximum absolute atomic E-state index is 12.3. The van der Waals surface area contributed by atoms with E-state index in [1.165, 1.54) is 4.90 Å². The van der Waals surface area contributed by atoms with Crippen LogP contribution in [0.2, 0.25) is 5.02 Å². The molecule has 0 aliphatic carbocycles. The molecule has 0 aromatic heterocycles. The fourth-order valence-corrected chi connectivity index (χ4v) is 1.97. The van der Waals surface area contributed by atoms with Gasteiger partial charge in [-0.2, -0.15) is 0 Å². The number of carbonyl (C=O) groups is 2. The van der Waals surface area contributed by atoms with Crippen LogP contribution in [0.15, 0.2) is 18.2 Å². The number of rotatable bonds is 5. The number of amides is 1. The van der Waals surface area contributed by atoms with Gasteiger partial charge in [0.2, 0.25) is 0 Å². The minimum absolute atomic E-state index is 0.0621. The third kappa shape index (κ3) is 4.24. The van der Waals surface area contributed by atoms with Gasteiger partial charge >= 0.3 is 5.97 Å². The number of hydrogen-bond acceptors (Lipinski definition) is 3. The van der Waals surface area contributed by atoms with Crippen molar-refractivity contribution in [2.24, 2.45) is 0 Å². The minimum Gasteiger partial charge on any atom is -0.465 e. The smallest absolute Gasteiger partial charge is 0.325 e. The van der Waals surface area contributed by atoms with Gasteiger partial charge in [-0.15, -0.1) is 0 Å². The van der Waals surface area contributed by atoms with Gasteiger partial charge in [0.05, 0.1) is 17.2 Å². The van der Waals surface area contributed by atoms with Crippen LogP contribution in [0.1, 0.15) is 29.8 Å². The number of carbonyl (C=O) groups excluding carboxylic acids is 2. The molecule has 5 heteroatoms. The van der Waals surface area contributed by atoms with E-state index >= 15 is 0 Å². The van der Waals surface area contributed by atoms with Gasteiger partial charge in [-0.1, -0.05) is 17.7 Å². The Morgan fingerprint density at radius 2 is 2.00 bits per heavy atom. The fraction of sp³-hybridized carbons (Fsp3) is 0.429. The lowest BCUT2D eigenvalue weighted by atomic mass is 10.1. The summed E-state index contributed by atoms with van der Waals surface area (Å²) in [6, 6.07) is 5.22. The summed E-state index contributed by atoms with van der Waals surface area (Å²) in [4.78, 5) is 25.1. The van der Waals surface area contributed by atoms with Crippen LogP contribution < -0.4 is 0 Å². The van der Waals surface area contributed by atoms with Crippen molar-refractivity contribution in [3.05, 3.63) is 34.3 Å². The lowest BCUT2D eigenvalue weighted by molar-refractivity contribution is -0.143. The average Bonchev–Trinajstić information content (AvgIpc) is 2.35. The zero-order valence-corrected chi connectivity index (χ0v) is 12.2. The summed E-state index contributed by atoms with van der Waals surface area (Å²) in [5.41, 5.74) is 1.38. The van der Waals surface area contributed by atoms with E-state index in [1.54, 1.807) is 26.0 Å².